The van der Waals surface area contributed by atoms with Gasteiger partial charge < -0.3 is 14.4 Å². The Morgan fingerprint density at radius 3 is 2.00 bits per heavy atom. The van der Waals surface area contributed by atoms with Crippen LogP contribution in [0.1, 0.15) is 5.56 Å². The van der Waals surface area contributed by atoms with E-state index in [1.165, 1.54) is 16.8 Å². The van der Waals surface area contributed by atoms with Crippen molar-refractivity contribution < 1.29 is 0 Å². The van der Waals surface area contributed by atoms with E-state index < -0.39 is 0 Å². The number of para-hydroxylation sites is 3. The summed E-state index contributed by atoms with van der Waals surface area (Å²) in [6.45, 7) is 4.83. The van der Waals surface area contributed by atoms with E-state index in [-0.39, 0.29) is 0 Å². The molecule has 0 unspecified atom stereocenters. The maximum atomic E-state index is 5.00. The van der Waals surface area contributed by atoms with Gasteiger partial charge in [0.15, 0.2) is 0 Å². The van der Waals surface area contributed by atoms with Gasteiger partial charge in [0, 0.05) is 31.9 Å². The smallest absolute Gasteiger partial charge is 0.206 e. The predicted molar refractivity (Wildman–Crippen MR) is 116 cm³/mol. The lowest BCUT2D eigenvalue weighted by molar-refractivity contribution is 0.626. The second-order valence-corrected chi connectivity index (χ2v) is 7.28. The monoisotopic (exact) mass is 368 g/mol. The summed E-state index contributed by atoms with van der Waals surface area (Å²) in [4.78, 5) is 9.89. The molecule has 0 N–H and O–H groups in total. The first kappa shape index (κ1) is 16.9. The maximum Gasteiger partial charge on any atom is 0.206 e. The minimum absolute atomic E-state index is 0.843. The summed E-state index contributed by atoms with van der Waals surface area (Å²) in [5.41, 5.74) is 4.88. The van der Waals surface area contributed by atoms with Gasteiger partial charge >= 0.3 is 0 Å². The molecule has 0 atom stereocenters. The minimum atomic E-state index is 0.843. The maximum absolute atomic E-state index is 5.00. The molecule has 2 heterocycles. The fourth-order valence-corrected chi connectivity index (χ4v) is 4.03. The molecule has 0 radical (unpaired) electrons. The first-order valence-electron chi connectivity index (χ1n) is 9.93. The molecule has 28 heavy (non-hydrogen) atoms. The van der Waals surface area contributed by atoms with Crippen LogP contribution in [0, 0.1) is 0 Å². The molecule has 3 aromatic carbocycles. The molecular weight excluding hydrogens is 344 g/mol. The number of hydrogen-bond donors (Lipinski definition) is 0. The third-order valence-electron chi connectivity index (χ3n) is 5.50. The standard InChI is InChI=1S/C24H24N4/c1-3-9-20(10-4-1)19-28-23-14-8-7-13-22(23)25-24(28)27-17-15-26(16-18-27)21-11-5-2-6-12-21/h1-14H,15-19H2. The van der Waals surface area contributed by atoms with Crippen molar-refractivity contribution in [3.63, 3.8) is 0 Å². The Labute approximate surface area is 165 Å². The van der Waals surface area contributed by atoms with E-state index in [4.69, 9.17) is 4.98 Å². The summed E-state index contributed by atoms with van der Waals surface area (Å²) < 4.78 is 2.36. The number of piperazine rings is 1. The van der Waals surface area contributed by atoms with Crippen molar-refractivity contribution in [2.45, 2.75) is 6.54 Å². The Hall–Kier alpha value is -3.27. The largest absolute Gasteiger partial charge is 0.368 e. The molecule has 1 saturated heterocycles. The van der Waals surface area contributed by atoms with Crippen molar-refractivity contribution in [1.29, 1.82) is 0 Å². The highest BCUT2D eigenvalue weighted by atomic mass is 15.4. The minimum Gasteiger partial charge on any atom is -0.368 e. The van der Waals surface area contributed by atoms with Crippen LogP contribution in [0.4, 0.5) is 11.6 Å². The molecule has 0 bridgehead atoms. The van der Waals surface area contributed by atoms with E-state index in [1.54, 1.807) is 0 Å². The highest BCUT2D eigenvalue weighted by Crippen LogP contribution is 2.26. The van der Waals surface area contributed by atoms with Crippen molar-refractivity contribution in [2.24, 2.45) is 0 Å². The van der Waals surface area contributed by atoms with Crippen molar-refractivity contribution in [3.05, 3.63) is 90.5 Å². The lowest BCUT2D eigenvalue weighted by Gasteiger charge is -2.36. The second kappa shape index (κ2) is 7.39. The summed E-state index contributed by atoms with van der Waals surface area (Å²) in [7, 11) is 0. The number of rotatable bonds is 4. The molecule has 1 aliphatic heterocycles. The molecular formula is C24H24N4. The van der Waals surface area contributed by atoms with Crippen LogP contribution in [-0.2, 0) is 6.54 Å². The lowest BCUT2D eigenvalue weighted by Crippen LogP contribution is -2.47. The molecule has 140 valence electrons. The quantitative estimate of drug-likeness (QED) is 0.533. The fourth-order valence-electron chi connectivity index (χ4n) is 4.03. The number of anilines is 2. The van der Waals surface area contributed by atoms with Gasteiger partial charge in [-0.15, -0.1) is 0 Å². The van der Waals surface area contributed by atoms with E-state index in [2.05, 4.69) is 99.3 Å². The third kappa shape index (κ3) is 3.22. The lowest BCUT2D eigenvalue weighted by atomic mass is 10.2. The molecule has 5 rings (SSSR count). The van der Waals surface area contributed by atoms with Gasteiger partial charge in [-0.05, 0) is 29.8 Å². The first-order chi connectivity index (χ1) is 13.9. The highest BCUT2D eigenvalue weighted by molar-refractivity contribution is 5.79. The average Bonchev–Trinajstić information content (AvgIpc) is 3.14. The zero-order chi connectivity index (χ0) is 18.8. The van der Waals surface area contributed by atoms with Crippen LogP contribution in [0.3, 0.4) is 0 Å². The Balaban J connectivity index is 1.43. The van der Waals surface area contributed by atoms with Gasteiger partial charge in [-0.25, -0.2) is 4.98 Å². The van der Waals surface area contributed by atoms with Gasteiger partial charge in [0.2, 0.25) is 5.95 Å². The zero-order valence-electron chi connectivity index (χ0n) is 15.9. The number of nitrogens with zero attached hydrogens (tertiary/aromatic N) is 4. The van der Waals surface area contributed by atoms with Crippen LogP contribution in [0.15, 0.2) is 84.9 Å². The molecule has 1 fully saturated rings. The van der Waals surface area contributed by atoms with Gasteiger partial charge in [-0.1, -0.05) is 60.7 Å². The molecule has 0 spiro atoms. The van der Waals surface area contributed by atoms with Crippen molar-refractivity contribution in [2.75, 3.05) is 36.0 Å². The number of hydrogen-bond acceptors (Lipinski definition) is 3. The van der Waals surface area contributed by atoms with E-state index in [9.17, 15) is 0 Å². The molecule has 4 nitrogen and oxygen atoms in total. The SMILES string of the molecule is c1ccc(Cn2c(N3CCN(c4ccccc4)CC3)nc3ccccc32)cc1. The molecule has 0 aliphatic carbocycles. The van der Waals surface area contributed by atoms with Crippen LogP contribution in [0.2, 0.25) is 0 Å². The van der Waals surface area contributed by atoms with Gasteiger partial charge in [0.25, 0.3) is 0 Å². The molecule has 4 aromatic rings. The normalized spacial score (nSPS) is 14.6. The number of aromatic nitrogens is 2. The van der Waals surface area contributed by atoms with Gasteiger partial charge in [-0.2, -0.15) is 0 Å². The number of imidazole rings is 1. The second-order valence-electron chi connectivity index (χ2n) is 7.28. The predicted octanol–water partition coefficient (Wildman–Crippen LogP) is 4.41. The summed E-state index contributed by atoms with van der Waals surface area (Å²) in [6.07, 6.45) is 0. The number of benzene rings is 3. The molecule has 1 aliphatic rings. The van der Waals surface area contributed by atoms with Crippen molar-refractivity contribution in [1.82, 2.24) is 9.55 Å². The Morgan fingerprint density at radius 2 is 1.25 bits per heavy atom. The van der Waals surface area contributed by atoms with Crippen LogP contribution < -0.4 is 9.80 Å². The first-order valence-corrected chi connectivity index (χ1v) is 9.93. The topological polar surface area (TPSA) is 24.3 Å². The molecule has 4 heteroatoms. The van der Waals surface area contributed by atoms with E-state index in [0.717, 1.165) is 44.2 Å². The average molecular weight is 368 g/mol. The van der Waals surface area contributed by atoms with Crippen molar-refractivity contribution in [3.8, 4) is 0 Å². The third-order valence-corrected chi connectivity index (χ3v) is 5.50. The number of fused-ring (bicyclic) bond motifs is 1. The summed E-state index contributed by atoms with van der Waals surface area (Å²) in [6, 6.07) is 29.8. The highest BCUT2D eigenvalue weighted by Gasteiger charge is 2.22. The summed E-state index contributed by atoms with van der Waals surface area (Å²) in [5.74, 6) is 1.08. The van der Waals surface area contributed by atoms with Crippen molar-refractivity contribution >= 4 is 22.7 Å². The molecule has 1 aromatic heterocycles. The summed E-state index contributed by atoms with van der Waals surface area (Å²) >= 11 is 0. The zero-order valence-corrected chi connectivity index (χ0v) is 15.9. The Kier molecular flexibility index (Phi) is 4.45. The van der Waals surface area contributed by atoms with E-state index in [1.807, 2.05) is 0 Å². The Morgan fingerprint density at radius 1 is 0.643 bits per heavy atom. The Bertz CT molecular complexity index is 1050. The molecule has 0 saturated carbocycles. The van der Waals surface area contributed by atoms with Crippen LogP contribution in [0.25, 0.3) is 11.0 Å². The van der Waals surface area contributed by atoms with Crippen LogP contribution >= 0.6 is 0 Å². The van der Waals surface area contributed by atoms with Gasteiger partial charge in [-0.3, -0.25) is 0 Å². The van der Waals surface area contributed by atoms with Gasteiger partial charge in [0.05, 0.1) is 17.6 Å². The summed E-state index contributed by atoms with van der Waals surface area (Å²) in [5, 5.41) is 0. The van der Waals surface area contributed by atoms with E-state index >= 15 is 0 Å². The van der Waals surface area contributed by atoms with Crippen LogP contribution in [0.5, 0.6) is 0 Å². The van der Waals surface area contributed by atoms with Gasteiger partial charge in [0.1, 0.15) is 0 Å². The fraction of sp³-hybridized carbons (Fsp3) is 0.208. The van der Waals surface area contributed by atoms with Crippen LogP contribution in [-0.4, -0.2) is 35.7 Å². The van der Waals surface area contributed by atoms with E-state index in [0.29, 0.717) is 0 Å². The molecule has 0 amide bonds.